The predicted octanol–water partition coefficient (Wildman–Crippen LogP) is 2.89. The van der Waals surface area contributed by atoms with Crippen LogP contribution in [0.25, 0.3) is 0 Å². The number of halogens is 1. The molecule has 1 saturated carbocycles. The first-order valence-electron chi connectivity index (χ1n) is 7.97. The number of hydrogen-bond acceptors (Lipinski definition) is 3. The van der Waals surface area contributed by atoms with E-state index in [9.17, 15) is 9.18 Å². The van der Waals surface area contributed by atoms with E-state index < -0.39 is 11.6 Å². The summed E-state index contributed by atoms with van der Waals surface area (Å²) in [5, 5.41) is 12.2. The summed E-state index contributed by atoms with van der Waals surface area (Å²) in [7, 11) is 0. The van der Waals surface area contributed by atoms with Crippen molar-refractivity contribution in [2.24, 2.45) is 0 Å². The lowest BCUT2D eigenvalue weighted by Crippen LogP contribution is -2.42. The molecular weight excluding hydrogens is 309 g/mol. The fourth-order valence-corrected chi connectivity index (χ4v) is 2.69. The molecule has 126 valence electrons. The predicted molar refractivity (Wildman–Crippen MR) is 87.9 cm³/mol. The molecule has 0 bridgehead atoms. The molecule has 0 heterocycles. The highest BCUT2D eigenvalue weighted by Crippen LogP contribution is 2.45. The highest BCUT2D eigenvalue weighted by molar-refractivity contribution is 5.82. The number of carbonyl (C=O) groups excluding carboxylic acids is 1. The van der Waals surface area contributed by atoms with E-state index in [1.165, 1.54) is 12.1 Å². The number of ether oxygens (including phenoxy) is 1. The average molecular weight is 329 g/mol. The second-order valence-corrected chi connectivity index (χ2v) is 6.14. The number of amides is 1. The van der Waals surface area contributed by atoms with Gasteiger partial charge in [0.25, 0.3) is 5.91 Å². The van der Waals surface area contributed by atoms with Gasteiger partial charge in [0.15, 0.2) is 6.10 Å². The standard InChI is InChI=1S/C19H20FNO3/c1-13(24-17-4-2-3-14(11-17)12-22)18(23)21-19(9-10-19)15-5-7-16(20)8-6-15/h2-8,11,13,22H,9-10,12H2,1H3,(H,21,23)/t13-/m0/s1. The number of aliphatic hydroxyl groups excluding tert-OH is 1. The molecule has 1 aliphatic carbocycles. The summed E-state index contributed by atoms with van der Waals surface area (Å²) in [4.78, 5) is 12.4. The van der Waals surface area contributed by atoms with Gasteiger partial charge in [0.05, 0.1) is 12.1 Å². The first-order chi connectivity index (χ1) is 11.5. The summed E-state index contributed by atoms with van der Waals surface area (Å²) < 4.78 is 18.7. The Hall–Kier alpha value is -2.40. The van der Waals surface area contributed by atoms with Crippen LogP contribution in [0, 0.1) is 5.82 Å². The van der Waals surface area contributed by atoms with Crippen molar-refractivity contribution in [3.05, 3.63) is 65.5 Å². The van der Waals surface area contributed by atoms with E-state index in [0.717, 1.165) is 24.0 Å². The number of benzene rings is 2. The minimum absolute atomic E-state index is 0.0779. The summed E-state index contributed by atoms with van der Waals surface area (Å²) in [6, 6.07) is 13.2. The largest absolute Gasteiger partial charge is 0.481 e. The van der Waals surface area contributed by atoms with Crippen molar-refractivity contribution >= 4 is 5.91 Å². The van der Waals surface area contributed by atoms with Crippen LogP contribution in [0.2, 0.25) is 0 Å². The van der Waals surface area contributed by atoms with Gasteiger partial charge in [-0.25, -0.2) is 4.39 Å². The second kappa shape index (κ2) is 6.61. The minimum atomic E-state index is -0.670. The van der Waals surface area contributed by atoms with E-state index in [2.05, 4.69) is 5.32 Å². The van der Waals surface area contributed by atoms with Crippen LogP contribution in [-0.2, 0) is 16.9 Å². The van der Waals surface area contributed by atoms with E-state index in [0.29, 0.717) is 5.75 Å². The van der Waals surface area contributed by atoms with Crippen LogP contribution in [0.15, 0.2) is 48.5 Å². The van der Waals surface area contributed by atoms with E-state index in [1.807, 2.05) is 0 Å². The first kappa shape index (κ1) is 16.5. The Morgan fingerprint density at radius 1 is 1.29 bits per heavy atom. The second-order valence-electron chi connectivity index (χ2n) is 6.14. The highest BCUT2D eigenvalue weighted by atomic mass is 19.1. The Morgan fingerprint density at radius 2 is 2.00 bits per heavy atom. The summed E-state index contributed by atoms with van der Waals surface area (Å²) in [5.74, 6) is 0.0309. The van der Waals surface area contributed by atoms with Gasteiger partial charge in [0.1, 0.15) is 11.6 Å². The van der Waals surface area contributed by atoms with Crippen molar-refractivity contribution in [2.45, 2.75) is 38.0 Å². The Bertz CT molecular complexity index is 726. The zero-order valence-electron chi connectivity index (χ0n) is 13.5. The van der Waals surface area contributed by atoms with Gasteiger partial charge in [-0.1, -0.05) is 24.3 Å². The van der Waals surface area contributed by atoms with Gasteiger partial charge in [0, 0.05) is 0 Å². The molecule has 3 rings (SSSR count). The molecule has 2 aromatic carbocycles. The molecule has 24 heavy (non-hydrogen) atoms. The Morgan fingerprint density at radius 3 is 2.62 bits per heavy atom. The molecule has 2 N–H and O–H groups in total. The third-order valence-corrected chi connectivity index (χ3v) is 4.27. The van der Waals surface area contributed by atoms with Crippen molar-refractivity contribution in [3.63, 3.8) is 0 Å². The summed E-state index contributed by atoms with van der Waals surface area (Å²) >= 11 is 0. The van der Waals surface area contributed by atoms with Gasteiger partial charge in [0.2, 0.25) is 0 Å². The number of hydrogen-bond donors (Lipinski definition) is 2. The Kier molecular flexibility index (Phi) is 4.53. The molecule has 1 atom stereocenters. The number of aliphatic hydroxyl groups is 1. The summed E-state index contributed by atoms with van der Waals surface area (Å²) in [6.45, 7) is 1.60. The molecule has 4 nitrogen and oxygen atoms in total. The third kappa shape index (κ3) is 3.57. The first-order valence-corrected chi connectivity index (χ1v) is 7.97. The van der Waals surface area contributed by atoms with E-state index in [1.54, 1.807) is 43.3 Å². The lowest BCUT2D eigenvalue weighted by atomic mass is 10.0. The fraction of sp³-hybridized carbons (Fsp3) is 0.316. The monoisotopic (exact) mass is 329 g/mol. The topological polar surface area (TPSA) is 58.6 Å². The molecule has 0 aliphatic heterocycles. The average Bonchev–Trinajstić information content (AvgIpc) is 3.36. The molecule has 0 spiro atoms. The zero-order valence-corrected chi connectivity index (χ0v) is 13.5. The molecule has 1 aliphatic rings. The highest BCUT2D eigenvalue weighted by Gasteiger charge is 2.46. The molecule has 0 unspecified atom stereocenters. The Balaban J connectivity index is 1.64. The van der Waals surface area contributed by atoms with Gasteiger partial charge in [-0.2, -0.15) is 0 Å². The van der Waals surface area contributed by atoms with Crippen LogP contribution in [-0.4, -0.2) is 17.1 Å². The molecule has 1 fully saturated rings. The van der Waals surface area contributed by atoms with Gasteiger partial charge in [-0.15, -0.1) is 0 Å². The van der Waals surface area contributed by atoms with Crippen molar-refractivity contribution in [2.75, 3.05) is 0 Å². The summed E-state index contributed by atoms with van der Waals surface area (Å²) in [5.41, 5.74) is 1.23. The van der Waals surface area contributed by atoms with Crippen LogP contribution in [0.3, 0.4) is 0 Å². The van der Waals surface area contributed by atoms with Crippen LogP contribution in [0.5, 0.6) is 5.75 Å². The van der Waals surface area contributed by atoms with Gasteiger partial charge in [-0.05, 0) is 55.2 Å². The fourth-order valence-electron chi connectivity index (χ4n) is 2.69. The zero-order chi connectivity index (χ0) is 17.2. The molecular formula is C19H20FNO3. The van der Waals surface area contributed by atoms with Gasteiger partial charge >= 0.3 is 0 Å². The molecule has 0 radical (unpaired) electrons. The van der Waals surface area contributed by atoms with E-state index >= 15 is 0 Å². The maximum atomic E-state index is 13.1. The lowest BCUT2D eigenvalue weighted by molar-refractivity contribution is -0.128. The normalized spacial score (nSPS) is 16.3. The number of nitrogens with one attached hydrogen (secondary N) is 1. The Labute approximate surface area is 140 Å². The van der Waals surface area contributed by atoms with Crippen molar-refractivity contribution in [1.82, 2.24) is 5.32 Å². The quantitative estimate of drug-likeness (QED) is 0.857. The van der Waals surface area contributed by atoms with Gasteiger partial charge < -0.3 is 15.2 Å². The van der Waals surface area contributed by atoms with Gasteiger partial charge in [-0.3, -0.25) is 4.79 Å². The molecule has 0 saturated heterocycles. The maximum absolute atomic E-state index is 13.1. The SMILES string of the molecule is C[C@H](Oc1cccc(CO)c1)C(=O)NC1(c2ccc(F)cc2)CC1. The number of carbonyl (C=O) groups is 1. The van der Waals surface area contributed by atoms with Crippen LogP contribution in [0.4, 0.5) is 4.39 Å². The van der Waals surface area contributed by atoms with Crippen molar-refractivity contribution < 1.29 is 19.0 Å². The van der Waals surface area contributed by atoms with E-state index in [4.69, 9.17) is 9.84 Å². The van der Waals surface area contributed by atoms with Crippen LogP contribution >= 0.6 is 0 Å². The minimum Gasteiger partial charge on any atom is -0.481 e. The summed E-state index contributed by atoms with van der Waals surface area (Å²) in [6.07, 6.45) is 0.991. The molecule has 0 aromatic heterocycles. The number of rotatable bonds is 6. The third-order valence-electron chi connectivity index (χ3n) is 4.27. The maximum Gasteiger partial charge on any atom is 0.261 e. The molecule has 1 amide bonds. The van der Waals surface area contributed by atoms with Crippen LogP contribution in [0.1, 0.15) is 30.9 Å². The van der Waals surface area contributed by atoms with Crippen LogP contribution < -0.4 is 10.1 Å². The van der Waals surface area contributed by atoms with Crippen molar-refractivity contribution in [1.29, 1.82) is 0 Å². The smallest absolute Gasteiger partial charge is 0.261 e. The molecule has 5 heteroatoms. The van der Waals surface area contributed by atoms with E-state index in [-0.39, 0.29) is 18.3 Å². The lowest BCUT2D eigenvalue weighted by Gasteiger charge is -2.21. The molecule has 2 aromatic rings. The van der Waals surface area contributed by atoms with Crippen molar-refractivity contribution in [3.8, 4) is 5.75 Å².